The van der Waals surface area contributed by atoms with Gasteiger partial charge in [0.1, 0.15) is 24.4 Å². The van der Waals surface area contributed by atoms with E-state index in [0.717, 1.165) is 0 Å². The molecule has 3 saturated carbocycles. The topological polar surface area (TPSA) is 215 Å². The third-order valence-electron chi connectivity index (χ3n) is 13.0. The molecular formula is C35H57NaO13S. The molecule has 50 heavy (non-hydrogen) atoms. The number of fused-ring (bicyclic) bond motifs is 5. The average molecular weight is 741 g/mol. The Labute approximate surface area is 318 Å². The molecular weight excluding hydrogens is 683 g/mol. The number of hydrogen-bond donors (Lipinski definition) is 6. The second-order valence-electron chi connectivity index (χ2n) is 16.1. The predicted octanol–water partition coefficient (Wildman–Crippen LogP) is -1.59. The molecule has 0 aromatic rings. The van der Waals surface area contributed by atoms with E-state index < -0.39 is 93.6 Å². The van der Waals surface area contributed by atoms with E-state index in [2.05, 4.69) is 13.8 Å². The zero-order chi connectivity index (χ0) is 36.3. The van der Waals surface area contributed by atoms with Crippen molar-refractivity contribution in [1.82, 2.24) is 0 Å². The summed E-state index contributed by atoms with van der Waals surface area (Å²) in [5, 5.41) is 66.4. The van der Waals surface area contributed by atoms with Gasteiger partial charge in [0, 0.05) is 26.1 Å². The summed E-state index contributed by atoms with van der Waals surface area (Å²) in [6, 6.07) is 0. The van der Waals surface area contributed by atoms with E-state index in [1.165, 1.54) is 7.11 Å². The molecule has 16 atom stereocenters. The first-order valence-corrected chi connectivity index (χ1v) is 19.1. The summed E-state index contributed by atoms with van der Waals surface area (Å²) < 4.78 is 58.7. The monoisotopic (exact) mass is 740 g/mol. The van der Waals surface area contributed by atoms with Crippen LogP contribution in [-0.2, 0) is 28.8 Å². The van der Waals surface area contributed by atoms with Gasteiger partial charge in [-0.1, -0.05) is 52.8 Å². The molecule has 0 spiro atoms. The van der Waals surface area contributed by atoms with Crippen LogP contribution in [0.25, 0.3) is 0 Å². The van der Waals surface area contributed by atoms with Crippen LogP contribution < -0.4 is 29.6 Å². The molecule has 0 aromatic carbocycles. The van der Waals surface area contributed by atoms with Crippen molar-refractivity contribution in [2.24, 2.45) is 46.3 Å². The van der Waals surface area contributed by atoms with Gasteiger partial charge >= 0.3 is 29.6 Å². The normalized spacial score (nSPS) is 46.0. The minimum absolute atomic E-state index is 0. The van der Waals surface area contributed by atoms with Crippen LogP contribution in [0, 0.1) is 46.3 Å². The van der Waals surface area contributed by atoms with Gasteiger partial charge < -0.3 is 49.4 Å². The molecule has 4 aliphatic carbocycles. The van der Waals surface area contributed by atoms with Crippen LogP contribution in [-0.4, -0.2) is 119 Å². The van der Waals surface area contributed by atoms with Gasteiger partial charge in [-0.25, -0.2) is 8.42 Å². The SMILES string of the molecule is COC1C(O[C@@H]2C=C3[C@H](O)C[C@]4(O)C(CC[C@@]5(C)C4[C@@H](OS(=O)(=O)[O-])[C@H](O)[C@@H]5[C@H](C)/C=C/[C@H](CCO)C(C)C)[C@@]3(C)CC2)OCC(O)C1O.[Na+]. The third kappa shape index (κ3) is 7.74. The molecule has 1 saturated heterocycles. The number of hydrogen-bond acceptors (Lipinski definition) is 13. The Bertz CT molecular complexity index is 1350. The number of rotatable bonds is 11. The van der Waals surface area contributed by atoms with Gasteiger partial charge in [0.2, 0.25) is 10.4 Å². The Morgan fingerprint density at radius 1 is 1.06 bits per heavy atom. The van der Waals surface area contributed by atoms with E-state index >= 15 is 0 Å². The van der Waals surface area contributed by atoms with Crippen LogP contribution in [0.15, 0.2) is 23.8 Å². The standard InChI is InChI=1S/C35H58O13S.Na/c1-18(2)20(11-14-36)8-7-19(3)26-28(40)29(48-49(42,43)44)31-34(26,5)13-10-25-33(4)12-9-21(15-22(33)23(37)16-35(25,31)41)47-32-30(45-6)27(39)24(38)17-46-32;/h7-8,15,18-21,23-32,36-41H,9-14,16-17H2,1-6H3,(H,42,43,44);/q;+1/p-1/b8-7+;/t19-,20-,21+,23-,24?,25?,26+,27?,28-,29+,30?,31?,32?,33+,34-,35+;/m1./s1. The Kier molecular flexibility index (Phi) is 13.7. The van der Waals surface area contributed by atoms with Gasteiger partial charge in [-0.05, 0) is 78.1 Å². The number of allylic oxidation sites excluding steroid dienone is 2. The molecule has 1 heterocycles. The maximum Gasteiger partial charge on any atom is 1.00 e. The number of ether oxygens (including phenoxy) is 3. The minimum atomic E-state index is -5.28. The quantitative estimate of drug-likeness (QED) is 0.0611. The Morgan fingerprint density at radius 2 is 1.74 bits per heavy atom. The molecule has 5 aliphatic rings. The second kappa shape index (κ2) is 16.0. The van der Waals surface area contributed by atoms with Crippen molar-refractivity contribution in [2.45, 2.75) is 128 Å². The summed E-state index contributed by atoms with van der Waals surface area (Å²) in [5.74, 6) is -1.97. The van der Waals surface area contributed by atoms with Gasteiger partial charge in [0.15, 0.2) is 6.29 Å². The van der Waals surface area contributed by atoms with Crippen molar-refractivity contribution < 1.29 is 91.6 Å². The number of methoxy groups -OCH3 is 1. The van der Waals surface area contributed by atoms with Crippen LogP contribution in [0.1, 0.15) is 73.1 Å². The molecule has 13 nitrogen and oxygen atoms in total. The molecule has 0 aromatic heterocycles. The molecule has 0 amide bonds. The molecule has 4 fully saturated rings. The third-order valence-corrected chi connectivity index (χ3v) is 13.5. The summed E-state index contributed by atoms with van der Waals surface area (Å²) in [6.45, 7) is 9.84. The maximum absolute atomic E-state index is 12.9. The summed E-state index contributed by atoms with van der Waals surface area (Å²) in [5.41, 5.74) is -2.60. The van der Waals surface area contributed by atoms with Crippen molar-refractivity contribution >= 4 is 10.4 Å². The van der Waals surface area contributed by atoms with E-state index in [-0.39, 0.29) is 66.9 Å². The fourth-order valence-electron chi connectivity index (χ4n) is 10.8. The molecule has 0 bridgehead atoms. The van der Waals surface area contributed by atoms with Crippen LogP contribution >= 0.6 is 0 Å². The first kappa shape index (κ1) is 42.7. The maximum atomic E-state index is 12.9. The summed E-state index contributed by atoms with van der Waals surface area (Å²) in [6.07, 6.45) is -0.536. The zero-order valence-corrected chi connectivity index (χ0v) is 33.2. The van der Waals surface area contributed by atoms with E-state index in [0.29, 0.717) is 37.7 Å². The van der Waals surface area contributed by atoms with Crippen molar-refractivity contribution in [3.63, 3.8) is 0 Å². The molecule has 1 aliphatic heterocycles. The summed E-state index contributed by atoms with van der Waals surface area (Å²) in [4.78, 5) is 0. The predicted molar refractivity (Wildman–Crippen MR) is 175 cm³/mol. The van der Waals surface area contributed by atoms with Crippen LogP contribution in [0.2, 0.25) is 0 Å². The van der Waals surface area contributed by atoms with Crippen LogP contribution in [0.5, 0.6) is 0 Å². The van der Waals surface area contributed by atoms with E-state index in [1.807, 2.05) is 39.0 Å². The van der Waals surface area contributed by atoms with Crippen molar-refractivity contribution in [1.29, 1.82) is 0 Å². The Hall–Kier alpha value is -0.0100. The second-order valence-corrected chi connectivity index (χ2v) is 17.2. The first-order chi connectivity index (χ1) is 22.8. The zero-order valence-electron chi connectivity index (χ0n) is 30.4. The van der Waals surface area contributed by atoms with Gasteiger partial charge in [0.25, 0.3) is 0 Å². The molecule has 5 rings (SSSR count). The first-order valence-electron chi connectivity index (χ1n) is 17.7. The van der Waals surface area contributed by atoms with Crippen LogP contribution in [0.3, 0.4) is 0 Å². The number of aliphatic hydroxyl groups is 6. The van der Waals surface area contributed by atoms with Gasteiger partial charge in [-0.2, -0.15) is 0 Å². The van der Waals surface area contributed by atoms with E-state index in [4.69, 9.17) is 18.4 Å². The Balaban J connectivity index is 0.00000562. The molecule has 15 heteroatoms. The minimum Gasteiger partial charge on any atom is -0.726 e. The molecule has 282 valence electrons. The van der Waals surface area contributed by atoms with Crippen molar-refractivity contribution in [3.8, 4) is 0 Å². The Morgan fingerprint density at radius 3 is 2.34 bits per heavy atom. The van der Waals surface area contributed by atoms with E-state index in [1.54, 1.807) is 0 Å². The summed E-state index contributed by atoms with van der Waals surface area (Å²) in [7, 11) is -3.89. The average Bonchev–Trinajstić information content (AvgIpc) is 3.22. The number of aliphatic hydroxyl groups excluding tert-OH is 5. The largest absolute Gasteiger partial charge is 1.00 e. The molecule has 6 unspecified atom stereocenters. The van der Waals surface area contributed by atoms with Gasteiger partial charge in [-0.15, -0.1) is 0 Å². The molecule has 0 radical (unpaired) electrons. The van der Waals surface area contributed by atoms with E-state index in [9.17, 15) is 43.6 Å². The van der Waals surface area contributed by atoms with Crippen molar-refractivity contribution in [2.75, 3.05) is 20.3 Å². The summed E-state index contributed by atoms with van der Waals surface area (Å²) >= 11 is 0. The van der Waals surface area contributed by atoms with Gasteiger partial charge in [0.05, 0.1) is 30.5 Å². The molecule has 6 N–H and O–H groups in total. The fourth-order valence-corrected chi connectivity index (χ4v) is 11.3. The van der Waals surface area contributed by atoms with Crippen LogP contribution in [0.4, 0.5) is 0 Å². The fraction of sp³-hybridized carbons (Fsp3) is 0.886. The smallest absolute Gasteiger partial charge is 0.726 e. The van der Waals surface area contributed by atoms with Gasteiger partial charge in [-0.3, -0.25) is 4.18 Å². The van der Waals surface area contributed by atoms with Crippen molar-refractivity contribution in [3.05, 3.63) is 23.8 Å².